The fraction of sp³-hybridized carbons (Fsp3) is 0.312. The van der Waals surface area contributed by atoms with Gasteiger partial charge in [-0.2, -0.15) is 0 Å². The van der Waals surface area contributed by atoms with Crippen LogP contribution in [0.3, 0.4) is 0 Å². The number of nitrogens with zero attached hydrogens (tertiary/aromatic N) is 3. The number of anilines is 2. The summed E-state index contributed by atoms with van der Waals surface area (Å²) in [7, 11) is 0. The van der Waals surface area contributed by atoms with Crippen LogP contribution in [0.5, 0.6) is 0 Å². The molecule has 27 heavy (non-hydrogen) atoms. The van der Waals surface area contributed by atoms with E-state index in [1.54, 1.807) is 19.1 Å². The van der Waals surface area contributed by atoms with Crippen LogP contribution in [-0.4, -0.2) is 47.0 Å². The molecule has 0 aliphatic heterocycles. The van der Waals surface area contributed by atoms with E-state index in [1.165, 1.54) is 16.7 Å². The third-order valence-electron chi connectivity index (χ3n) is 3.16. The van der Waals surface area contributed by atoms with E-state index in [1.807, 2.05) is 18.2 Å². The number of thioether (sulfide) groups is 1. The number of para-hydroxylation sites is 1. The first-order valence-electron chi connectivity index (χ1n) is 8.03. The Bertz CT molecular complexity index is 784. The van der Waals surface area contributed by atoms with Gasteiger partial charge in [0.1, 0.15) is 0 Å². The third-order valence-corrected chi connectivity index (χ3v) is 5.12. The van der Waals surface area contributed by atoms with Crippen molar-refractivity contribution < 1.29 is 19.1 Å². The van der Waals surface area contributed by atoms with Crippen LogP contribution in [-0.2, 0) is 14.3 Å². The zero-order valence-corrected chi connectivity index (χ0v) is 16.2. The number of rotatable bonds is 9. The van der Waals surface area contributed by atoms with E-state index >= 15 is 0 Å². The van der Waals surface area contributed by atoms with E-state index in [2.05, 4.69) is 15.5 Å². The molecule has 0 spiro atoms. The van der Waals surface area contributed by atoms with Crippen LogP contribution in [0.4, 0.5) is 15.6 Å². The molecule has 0 radical (unpaired) electrons. The second-order valence-electron chi connectivity index (χ2n) is 5.10. The molecular weight excluding hydrogens is 390 g/mol. The molecule has 11 heteroatoms. The van der Waals surface area contributed by atoms with Gasteiger partial charge in [0, 0.05) is 18.7 Å². The van der Waals surface area contributed by atoms with Crippen molar-refractivity contribution in [1.29, 1.82) is 0 Å². The second-order valence-corrected chi connectivity index (χ2v) is 7.30. The van der Waals surface area contributed by atoms with Crippen LogP contribution in [0.25, 0.3) is 0 Å². The molecule has 2 rings (SSSR count). The molecule has 1 aromatic carbocycles. The lowest BCUT2D eigenvalue weighted by Gasteiger charge is -2.22. The van der Waals surface area contributed by atoms with Gasteiger partial charge in [0.2, 0.25) is 16.9 Å². The molecule has 1 aromatic heterocycles. The molecule has 1 heterocycles. The Labute approximate surface area is 164 Å². The normalized spacial score (nSPS) is 10.3. The van der Waals surface area contributed by atoms with Gasteiger partial charge >= 0.3 is 6.09 Å². The molecule has 3 amide bonds. The summed E-state index contributed by atoms with van der Waals surface area (Å²) in [4.78, 5) is 36.6. The average Bonchev–Trinajstić information content (AvgIpc) is 3.08. The van der Waals surface area contributed by atoms with Crippen LogP contribution in [0.15, 0.2) is 34.7 Å². The fourth-order valence-corrected chi connectivity index (χ4v) is 3.62. The fourth-order valence-electron chi connectivity index (χ4n) is 2.00. The number of aromatic nitrogens is 2. The predicted octanol–water partition coefficient (Wildman–Crippen LogP) is 2.11. The largest absolute Gasteiger partial charge is 0.450 e. The van der Waals surface area contributed by atoms with Gasteiger partial charge in [-0.15, -0.1) is 10.2 Å². The standard InChI is InChI=1S/C16H19N5O4S2/c1-2-25-15(24)18-14-19-20-16(27-14)26-10-13(23)21(9-8-12(17)22)11-6-4-3-5-7-11/h3-7H,2,8-10H2,1H3,(H2,17,22)(H,18,19,24). The van der Waals surface area contributed by atoms with E-state index in [9.17, 15) is 14.4 Å². The Hall–Kier alpha value is -2.66. The van der Waals surface area contributed by atoms with Crippen molar-refractivity contribution in [3.63, 3.8) is 0 Å². The van der Waals surface area contributed by atoms with Gasteiger partial charge in [-0.3, -0.25) is 14.9 Å². The average molecular weight is 409 g/mol. The summed E-state index contributed by atoms with van der Waals surface area (Å²) in [5.41, 5.74) is 5.89. The van der Waals surface area contributed by atoms with Gasteiger partial charge in [0.15, 0.2) is 4.34 Å². The maximum Gasteiger partial charge on any atom is 0.413 e. The minimum absolute atomic E-state index is 0.0672. The zero-order chi connectivity index (χ0) is 19.6. The highest BCUT2D eigenvalue weighted by molar-refractivity contribution is 8.01. The number of benzene rings is 1. The molecule has 0 aliphatic rings. The minimum atomic E-state index is -0.608. The number of nitrogens with one attached hydrogen (secondary N) is 1. The zero-order valence-electron chi connectivity index (χ0n) is 14.6. The smallest absolute Gasteiger partial charge is 0.413 e. The molecule has 3 N–H and O–H groups in total. The van der Waals surface area contributed by atoms with Gasteiger partial charge in [-0.25, -0.2) is 4.79 Å². The lowest BCUT2D eigenvalue weighted by Crippen LogP contribution is -2.35. The first kappa shape index (κ1) is 20.6. The maximum absolute atomic E-state index is 12.6. The number of carbonyl (C=O) groups excluding carboxylic acids is 3. The second kappa shape index (κ2) is 10.5. The first-order chi connectivity index (χ1) is 13.0. The summed E-state index contributed by atoms with van der Waals surface area (Å²) >= 11 is 2.33. The van der Waals surface area contributed by atoms with Gasteiger partial charge in [0.25, 0.3) is 0 Å². The summed E-state index contributed by atoms with van der Waals surface area (Å²) in [6.45, 7) is 2.15. The molecule has 0 saturated heterocycles. The highest BCUT2D eigenvalue weighted by atomic mass is 32.2. The van der Waals surface area contributed by atoms with E-state index in [0.717, 1.165) is 11.3 Å². The minimum Gasteiger partial charge on any atom is -0.450 e. The monoisotopic (exact) mass is 409 g/mol. The number of carbonyl (C=O) groups is 3. The van der Waals surface area contributed by atoms with Crippen molar-refractivity contribution in [2.75, 3.05) is 29.1 Å². The van der Waals surface area contributed by atoms with Crippen molar-refractivity contribution in [3.8, 4) is 0 Å². The predicted molar refractivity (Wildman–Crippen MR) is 104 cm³/mol. The van der Waals surface area contributed by atoms with Crippen LogP contribution in [0.1, 0.15) is 13.3 Å². The topological polar surface area (TPSA) is 128 Å². The Kier molecular flexibility index (Phi) is 8.01. The van der Waals surface area contributed by atoms with E-state index < -0.39 is 12.0 Å². The van der Waals surface area contributed by atoms with Crippen LogP contribution in [0, 0.1) is 0 Å². The molecule has 0 fully saturated rings. The molecular formula is C16H19N5O4S2. The van der Waals surface area contributed by atoms with Crippen LogP contribution >= 0.6 is 23.1 Å². The number of hydrogen-bond acceptors (Lipinski definition) is 8. The number of hydrogen-bond donors (Lipinski definition) is 2. The first-order valence-corrected chi connectivity index (χ1v) is 9.83. The summed E-state index contributed by atoms with van der Waals surface area (Å²) in [5, 5.41) is 10.5. The van der Waals surface area contributed by atoms with E-state index in [0.29, 0.717) is 10.0 Å². The van der Waals surface area contributed by atoms with E-state index in [4.69, 9.17) is 10.5 Å². The number of primary amides is 1. The number of ether oxygens (including phenoxy) is 1. The van der Waals surface area contributed by atoms with Crippen molar-refractivity contribution in [2.45, 2.75) is 17.7 Å². The quantitative estimate of drug-likeness (QED) is 0.479. The van der Waals surface area contributed by atoms with Crippen molar-refractivity contribution in [3.05, 3.63) is 30.3 Å². The molecule has 2 aromatic rings. The summed E-state index contributed by atoms with van der Waals surface area (Å²) in [5.74, 6) is -0.570. The molecule has 144 valence electrons. The van der Waals surface area contributed by atoms with Gasteiger partial charge in [0.05, 0.1) is 12.4 Å². The maximum atomic E-state index is 12.6. The van der Waals surface area contributed by atoms with E-state index in [-0.39, 0.29) is 36.4 Å². The number of amides is 3. The van der Waals surface area contributed by atoms with Gasteiger partial charge in [-0.05, 0) is 19.1 Å². The Morgan fingerprint density at radius 3 is 2.67 bits per heavy atom. The van der Waals surface area contributed by atoms with Crippen molar-refractivity contribution in [2.24, 2.45) is 5.73 Å². The van der Waals surface area contributed by atoms with Gasteiger partial charge < -0.3 is 15.4 Å². The molecule has 0 unspecified atom stereocenters. The van der Waals surface area contributed by atoms with Crippen molar-refractivity contribution in [1.82, 2.24) is 10.2 Å². The number of nitrogens with two attached hydrogens (primary N) is 1. The highest BCUT2D eigenvalue weighted by Gasteiger charge is 2.18. The lowest BCUT2D eigenvalue weighted by molar-refractivity contribution is -0.118. The Morgan fingerprint density at radius 2 is 2.00 bits per heavy atom. The lowest BCUT2D eigenvalue weighted by atomic mass is 10.2. The summed E-state index contributed by atoms with van der Waals surface area (Å²) in [6, 6.07) is 9.04. The molecule has 9 nitrogen and oxygen atoms in total. The third kappa shape index (κ3) is 6.87. The highest BCUT2D eigenvalue weighted by Crippen LogP contribution is 2.26. The molecule has 0 aliphatic carbocycles. The summed E-state index contributed by atoms with van der Waals surface area (Å²) in [6.07, 6.45) is -0.541. The summed E-state index contributed by atoms with van der Waals surface area (Å²) < 4.78 is 5.29. The molecule has 0 atom stereocenters. The molecule has 0 saturated carbocycles. The van der Waals surface area contributed by atoms with Crippen LogP contribution < -0.4 is 16.0 Å². The van der Waals surface area contributed by atoms with Gasteiger partial charge in [-0.1, -0.05) is 41.3 Å². The van der Waals surface area contributed by atoms with Crippen LogP contribution in [0.2, 0.25) is 0 Å². The Morgan fingerprint density at radius 1 is 1.26 bits per heavy atom. The van der Waals surface area contributed by atoms with Crippen molar-refractivity contribution >= 4 is 51.8 Å². The SMILES string of the molecule is CCOC(=O)Nc1nnc(SCC(=O)N(CCC(N)=O)c2ccccc2)s1. The Balaban J connectivity index is 1.96. The molecule has 0 bridgehead atoms.